The minimum Gasteiger partial charge on any atom is -0.481 e. The molecule has 0 radical (unpaired) electrons. The summed E-state index contributed by atoms with van der Waals surface area (Å²) in [6, 6.07) is 12.6. The molecule has 4 unspecified atom stereocenters. The number of carbonyl (C=O) groups excluding carboxylic acids is 1. The van der Waals surface area contributed by atoms with Gasteiger partial charge in [0.25, 0.3) is 0 Å². The number of fused-ring (bicyclic) bond motifs is 3. The molecule has 5 nitrogen and oxygen atoms in total. The normalized spacial score (nSPS) is 29.1. The minimum atomic E-state index is -0.715. The number of amides is 1. The molecule has 0 aliphatic carbocycles. The van der Waals surface area contributed by atoms with Crippen LogP contribution in [0.15, 0.2) is 41.8 Å². The Bertz CT molecular complexity index is 896. The lowest BCUT2D eigenvalue weighted by molar-refractivity contribution is -0.143. The molecule has 28 heavy (non-hydrogen) atoms. The van der Waals surface area contributed by atoms with E-state index in [1.54, 1.807) is 11.3 Å². The molecule has 0 saturated carbocycles. The molecule has 0 spiro atoms. The zero-order valence-electron chi connectivity index (χ0n) is 15.7. The maximum atomic E-state index is 13.4. The van der Waals surface area contributed by atoms with Gasteiger partial charge in [-0.3, -0.25) is 14.5 Å². The average Bonchev–Trinajstić information content (AvgIpc) is 3.42. The zero-order chi connectivity index (χ0) is 19.3. The van der Waals surface area contributed by atoms with Gasteiger partial charge in [0.15, 0.2) is 0 Å². The second kappa shape index (κ2) is 7.01. The summed E-state index contributed by atoms with van der Waals surface area (Å²) >= 11 is 1.77. The van der Waals surface area contributed by atoms with Gasteiger partial charge in [-0.15, -0.1) is 11.3 Å². The summed E-state index contributed by atoms with van der Waals surface area (Å²) in [7, 11) is 0. The predicted octanol–water partition coefficient (Wildman–Crippen LogP) is 3.16. The quantitative estimate of drug-likeness (QED) is 0.862. The lowest BCUT2D eigenvalue weighted by Gasteiger charge is -2.37. The number of carbonyl (C=O) groups is 2. The number of benzene rings is 1. The van der Waals surface area contributed by atoms with Crippen LogP contribution in [0.2, 0.25) is 0 Å². The SMILES string of the molecule is O=C(O)C1CC2CCC1N2CC(=O)N1CCc2sccc2C1c1ccccc1. The number of thiophene rings is 1. The Morgan fingerprint density at radius 3 is 2.71 bits per heavy atom. The van der Waals surface area contributed by atoms with E-state index in [0.29, 0.717) is 13.0 Å². The lowest BCUT2D eigenvalue weighted by atomic mass is 9.89. The first kappa shape index (κ1) is 17.9. The number of hydrogen-bond donors (Lipinski definition) is 1. The molecular weight excluding hydrogens is 372 g/mol. The maximum absolute atomic E-state index is 13.4. The predicted molar refractivity (Wildman–Crippen MR) is 107 cm³/mol. The van der Waals surface area contributed by atoms with Gasteiger partial charge in [-0.25, -0.2) is 0 Å². The highest BCUT2D eigenvalue weighted by molar-refractivity contribution is 7.10. The van der Waals surface area contributed by atoms with Gasteiger partial charge in [-0.1, -0.05) is 30.3 Å². The van der Waals surface area contributed by atoms with Crippen molar-refractivity contribution in [2.75, 3.05) is 13.1 Å². The first-order chi connectivity index (χ1) is 13.6. The third-order valence-electron chi connectivity index (χ3n) is 6.72. The minimum absolute atomic E-state index is 0.0168. The largest absolute Gasteiger partial charge is 0.481 e. The van der Waals surface area contributed by atoms with Crippen molar-refractivity contribution in [1.82, 2.24) is 9.80 Å². The smallest absolute Gasteiger partial charge is 0.308 e. The monoisotopic (exact) mass is 396 g/mol. The molecule has 3 aliphatic rings. The van der Waals surface area contributed by atoms with E-state index in [-0.39, 0.29) is 30.0 Å². The maximum Gasteiger partial charge on any atom is 0.308 e. The van der Waals surface area contributed by atoms with Crippen LogP contribution in [0, 0.1) is 5.92 Å². The highest BCUT2D eigenvalue weighted by Crippen LogP contribution is 2.42. The van der Waals surface area contributed by atoms with Crippen LogP contribution < -0.4 is 0 Å². The van der Waals surface area contributed by atoms with Crippen molar-refractivity contribution in [2.45, 2.75) is 43.8 Å². The third kappa shape index (κ3) is 2.86. The Morgan fingerprint density at radius 1 is 1.14 bits per heavy atom. The van der Waals surface area contributed by atoms with Crippen molar-refractivity contribution >= 4 is 23.2 Å². The van der Waals surface area contributed by atoms with Gasteiger partial charge in [-0.2, -0.15) is 0 Å². The van der Waals surface area contributed by atoms with Crippen LogP contribution in [0.1, 0.15) is 41.3 Å². The van der Waals surface area contributed by atoms with Crippen molar-refractivity contribution in [2.24, 2.45) is 5.92 Å². The summed E-state index contributed by atoms with van der Waals surface area (Å²) in [5.41, 5.74) is 2.38. The van der Waals surface area contributed by atoms with Gasteiger partial charge in [0, 0.05) is 23.5 Å². The Kier molecular flexibility index (Phi) is 4.48. The lowest BCUT2D eigenvalue weighted by Crippen LogP contribution is -2.47. The molecule has 2 fully saturated rings. The van der Waals surface area contributed by atoms with Gasteiger partial charge >= 0.3 is 5.97 Å². The van der Waals surface area contributed by atoms with Gasteiger partial charge in [0.2, 0.25) is 5.91 Å². The average molecular weight is 397 g/mol. The summed E-state index contributed by atoms with van der Waals surface area (Å²) in [4.78, 5) is 30.5. The molecule has 146 valence electrons. The summed E-state index contributed by atoms with van der Waals surface area (Å²) < 4.78 is 0. The highest BCUT2D eigenvalue weighted by Gasteiger charge is 2.50. The molecule has 4 heterocycles. The number of carboxylic acids is 1. The summed E-state index contributed by atoms with van der Waals surface area (Å²) in [6.45, 7) is 1.05. The molecule has 5 rings (SSSR count). The van der Waals surface area contributed by atoms with Gasteiger partial charge in [0.1, 0.15) is 0 Å². The number of aliphatic carboxylic acids is 1. The molecular formula is C22H24N2O3S. The van der Waals surface area contributed by atoms with E-state index < -0.39 is 5.97 Å². The van der Waals surface area contributed by atoms with Crippen LogP contribution in [0.3, 0.4) is 0 Å². The van der Waals surface area contributed by atoms with Gasteiger partial charge in [0.05, 0.1) is 18.5 Å². The number of nitrogens with zero attached hydrogens (tertiary/aromatic N) is 2. The summed E-state index contributed by atoms with van der Waals surface area (Å²) in [5, 5.41) is 11.6. The van der Waals surface area contributed by atoms with Crippen molar-refractivity contribution in [1.29, 1.82) is 0 Å². The van der Waals surface area contributed by atoms with Crippen LogP contribution in [0.4, 0.5) is 0 Å². The van der Waals surface area contributed by atoms with Gasteiger partial charge < -0.3 is 10.0 Å². The van der Waals surface area contributed by atoms with E-state index in [9.17, 15) is 14.7 Å². The summed E-state index contributed by atoms with van der Waals surface area (Å²) in [6.07, 6.45) is 3.49. The standard InChI is InChI=1S/C22H24N2O3S/c25-20(13-24-15-6-7-18(24)17(12-15)22(26)27)23-10-8-19-16(9-11-28-19)21(23)14-4-2-1-3-5-14/h1-5,9,11,15,17-18,21H,6-8,10,12-13H2,(H,26,27). The van der Waals surface area contributed by atoms with Gasteiger partial charge in [-0.05, 0) is 48.3 Å². The van der Waals surface area contributed by atoms with Crippen molar-refractivity contribution in [3.8, 4) is 0 Å². The fraction of sp³-hybridized carbons (Fsp3) is 0.455. The van der Waals surface area contributed by atoms with E-state index in [0.717, 1.165) is 31.4 Å². The Labute approximate surface area is 168 Å². The molecule has 1 aromatic heterocycles. The fourth-order valence-corrected chi connectivity index (χ4v) is 6.34. The van der Waals surface area contributed by atoms with Crippen molar-refractivity contribution < 1.29 is 14.7 Å². The Balaban J connectivity index is 1.41. The van der Waals surface area contributed by atoms with Crippen LogP contribution >= 0.6 is 11.3 Å². The number of hydrogen-bond acceptors (Lipinski definition) is 4. The van der Waals surface area contributed by atoms with Crippen molar-refractivity contribution in [3.63, 3.8) is 0 Å². The molecule has 3 aliphatic heterocycles. The van der Waals surface area contributed by atoms with Crippen LogP contribution in [-0.4, -0.2) is 52.0 Å². The molecule has 2 aromatic rings. The molecule has 1 N–H and O–H groups in total. The molecule has 6 heteroatoms. The van der Waals surface area contributed by atoms with Crippen LogP contribution in [-0.2, 0) is 16.0 Å². The summed E-state index contributed by atoms with van der Waals surface area (Å²) in [5.74, 6) is -0.914. The van der Waals surface area contributed by atoms with E-state index in [1.807, 2.05) is 23.1 Å². The molecule has 1 amide bonds. The van der Waals surface area contributed by atoms with E-state index >= 15 is 0 Å². The Hall–Kier alpha value is -2.18. The highest BCUT2D eigenvalue weighted by atomic mass is 32.1. The number of carboxylic acid groups (broad SMARTS) is 1. The van der Waals surface area contributed by atoms with Crippen LogP contribution in [0.5, 0.6) is 0 Å². The molecule has 2 saturated heterocycles. The second-order valence-corrected chi connectivity index (χ2v) is 9.10. The van der Waals surface area contributed by atoms with Crippen LogP contribution in [0.25, 0.3) is 0 Å². The van der Waals surface area contributed by atoms with E-state index in [2.05, 4.69) is 28.5 Å². The molecule has 2 bridgehead atoms. The molecule has 4 atom stereocenters. The topological polar surface area (TPSA) is 60.9 Å². The Morgan fingerprint density at radius 2 is 1.96 bits per heavy atom. The first-order valence-corrected chi connectivity index (χ1v) is 10.9. The zero-order valence-corrected chi connectivity index (χ0v) is 16.5. The van der Waals surface area contributed by atoms with E-state index in [1.165, 1.54) is 10.4 Å². The number of rotatable bonds is 4. The first-order valence-electron chi connectivity index (χ1n) is 10.0. The third-order valence-corrected chi connectivity index (χ3v) is 7.71. The fourth-order valence-electron chi connectivity index (χ4n) is 5.44. The second-order valence-electron chi connectivity index (χ2n) is 8.10. The van der Waals surface area contributed by atoms with Crippen molar-refractivity contribution in [3.05, 3.63) is 57.8 Å². The van der Waals surface area contributed by atoms with E-state index in [4.69, 9.17) is 0 Å². The molecule has 1 aromatic carbocycles.